The van der Waals surface area contributed by atoms with E-state index in [-0.39, 0.29) is 0 Å². The number of aryl methyl sites for hydroxylation is 1. The van der Waals surface area contributed by atoms with Crippen molar-refractivity contribution in [2.45, 2.75) is 6.92 Å². The van der Waals surface area contributed by atoms with Gasteiger partial charge in [-0.1, -0.05) is 35.9 Å². The Morgan fingerprint density at radius 1 is 1.10 bits per heavy atom. The minimum absolute atomic E-state index is 0.577. The van der Waals surface area contributed by atoms with E-state index < -0.39 is 0 Å². The van der Waals surface area contributed by atoms with Crippen LogP contribution in [0.3, 0.4) is 0 Å². The van der Waals surface area contributed by atoms with Crippen LogP contribution < -0.4 is 5.73 Å². The van der Waals surface area contributed by atoms with Gasteiger partial charge in [0.25, 0.3) is 0 Å². The summed E-state index contributed by atoms with van der Waals surface area (Å²) in [5.74, 6) is 0.578. The van der Waals surface area contributed by atoms with E-state index in [1.54, 1.807) is 10.7 Å². The summed E-state index contributed by atoms with van der Waals surface area (Å²) in [7, 11) is 0. The van der Waals surface area contributed by atoms with Gasteiger partial charge in [-0.15, -0.1) is 5.10 Å². The topological polar surface area (TPSA) is 69.6 Å². The molecule has 100 valence electrons. The van der Waals surface area contributed by atoms with Crippen molar-refractivity contribution in [1.29, 1.82) is 0 Å². The van der Waals surface area contributed by atoms with Crippen molar-refractivity contribution in [2.75, 3.05) is 5.73 Å². The van der Waals surface area contributed by atoms with Crippen LogP contribution in [0.15, 0.2) is 42.5 Å². The maximum atomic E-state index is 6.21. The first kappa shape index (κ1) is 12.6. The van der Waals surface area contributed by atoms with E-state index in [2.05, 4.69) is 15.5 Å². The highest BCUT2D eigenvalue weighted by Gasteiger charge is 2.16. The van der Waals surface area contributed by atoms with Crippen LogP contribution in [-0.2, 0) is 0 Å². The summed E-state index contributed by atoms with van der Waals surface area (Å²) in [5, 5.41) is 12.4. The monoisotopic (exact) mass is 285 g/mol. The van der Waals surface area contributed by atoms with Crippen molar-refractivity contribution in [3.63, 3.8) is 0 Å². The van der Waals surface area contributed by atoms with Crippen molar-refractivity contribution >= 4 is 17.3 Å². The van der Waals surface area contributed by atoms with E-state index in [1.807, 2.05) is 43.3 Å². The number of aromatic nitrogens is 4. The lowest BCUT2D eigenvalue weighted by molar-refractivity contribution is 0.791. The van der Waals surface area contributed by atoms with Crippen molar-refractivity contribution in [3.8, 4) is 17.1 Å². The minimum Gasteiger partial charge on any atom is -0.398 e. The van der Waals surface area contributed by atoms with Crippen molar-refractivity contribution in [3.05, 3.63) is 53.1 Å². The lowest BCUT2D eigenvalue weighted by Crippen LogP contribution is -2.03. The van der Waals surface area contributed by atoms with E-state index >= 15 is 0 Å². The van der Waals surface area contributed by atoms with Gasteiger partial charge in [0.2, 0.25) is 0 Å². The predicted molar refractivity (Wildman–Crippen MR) is 78.7 cm³/mol. The normalized spacial score (nSPS) is 10.7. The molecule has 20 heavy (non-hydrogen) atoms. The molecule has 0 fully saturated rings. The molecule has 3 rings (SSSR count). The molecule has 0 aliphatic heterocycles. The molecule has 0 aliphatic carbocycles. The summed E-state index contributed by atoms with van der Waals surface area (Å²) < 4.78 is 1.60. The summed E-state index contributed by atoms with van der Waals surface area (Å²) in [6, 6.07) is 13.1. The first-order chi connectivity index (χ1) is 9.68. The number of rotatable bonds is 2. The van der Waals surface area contributed by atoms with E-state index in [0.717, 1.165) is 16.8 Å². The number of nitrogens with two attached hydrogens (primary N) is 1. The van der Waals surface area contributed by atoms with E-state index in [9.17, 15) is 0 Å². The first-order valence-corrected chi connectivity index (χ1v) is 6.45. The Bertz CT molecular complexity index is 746. The molecule has 0 saturated carbocycles. The van der Waals surface area contributed by atoms with Crippen LogP contribution in [0.1, 0.15) is 5.56 Å². The lowest BCUT2D eigenvalue weighted by atomic mass is 10.1. The van der Waals surface area contributed by atoms with Crippen LogP contribution in [0.5, 0.6) is 0 Å². The molecule has 5 nitrogen and oxygen atoms in total. The van der Waals surface area contributed by atoms with Crippen molar-refractivity contribution in [1.82, 2.24) is 20.2 Å². The third kappa shape index (κ3) is 2.02. The fourth-order valence-corrected chi connectivity index (χ4v) is 2.34. The number of hydrogen-bond acceptors (Lipinski definition) is 4. The highest BCUT2D eigenvalue weighted by molar-refractivity contribution is 6.32. The molecule has 0 atom stereocenters. The van der Waals surface area contributed by atoms with Gasteiger partial charge in [0.15, 0.2) is 5.82 Å². The highest BCUT2D eigenvalue weighted by atomic mass is 35.5. The van der Waals surface area contributed by atoms with Gasteiger partial charge in [0, 0.05) is 11.3 Å². The predicted octanol–water partition coefficient (Wildman–Crippen LogP) is 2.87. The number of tetrazole rings is 1. The van der Waals surface area contributed by atoms with Gasteiger partial charge in [0.1, 0.15) is 0 Å². The second kappa shape index (κ2) is 4.94. The summed E-state index contributed by atoms with van der Waals surface area (Å²) in [4.78, 5) is 0. The van der Waals surface area contributed by atoms with E-state index in [1.165, 1.54) is 0 Å². The molecule has 0 amide bonds. The molecule has 0 saturated heterocycles. The maximum absolute atomic E-state index is 6.21. The average molecular weight is 286 g/mol. The van der Waals surface area contributed by atoms with Crippen LogP contribution in [0.25, 0.3) is 17.1 Å². The third-order valence-corrected chi connectivity index (χ3v) is 3.40. The molecule has 0 unspecified atom stereocenters. The largest absolute Gasteiger partial charge is 0.398 e. The summed E-state index contributed by atoms with van der Waals surface area (Å²) >= 11 is 6.21. The van der Waals surface area contributed by atoms with Crippen molar-refractivity contribution < 1.29 is 0 Å². The number of anilines is 1. The van der Waals surface area contributed by atoms with Crippen LogP contribution in [0, 0.1) is 6.92 Å². The number of para-hydroxylation sites is 1. The summed E-state index contributed by atoms with van der Waals surface area (Å²) in [5.41, 5.74) is 9.23. The lowest BCUT2D eigenvalue weighted by Gasteiger charge is -2.10. The molecule has 0 radical (unpaired) electrons. The average Bonchev–Trinajstić information content (AvgIpc) is 2.88. The Morgan fingerprint density at radius 2 is 1.90 bits per heavy atom. The smallest absolute Gasteiger partial charge is 0.189 e. The van der Waals surface area contributed by atoms with Crippen LogP contribution in [0.2, 0.25) is 5.02 Å². The molecule has 0 aliphatic rings. The zero-order valence-electron chi connectivity index (χ0n) is 10.8. The molecular weight excluding hydrogens is 274 g/mol. The molecular formula is C14H12ClN5. The fraction of sp³-hybridized carbons (Fsp3) is 0.0714. The number of nitrogen functional groups attached to an aromatic ring is 1. The SMILES string of the molecule is Cc1cccc(N)c1-c1nnnn1-c1ccccc1Cl. The number of hydrogen-bond donors (Lipinski definition) is 1. The molecule has 1 aromatic heterocycles. The molecule has 0 bridgehead atoms. The van der Waals surface area contributed by atoms with E-state index in [0.29, 0.717) is 16.5 Å². The van der Waals surface area contributed by atoms with Gasteiger partial charge in [-0.3, -0.25) is 0 Å². The second-order valence-electron chi connectivity index (χ2n) is 4.40. The second-order valence-corrected chi connectivity index (χ2v) is 4.81. The van der Waals surface area contributed by atoms with Crippen molar-refractivity contribution in [2.24, 2.45) is 0 Å². The molecule has 2 N–H and O–H groups in total. The van der Waals surface area contributed by atoms with Gasteiger partial charge >= 0.3 is 0 Å². The van der Waals surface area contributed by atoms with E-state index in [4.69, 9.17) is 17.3 Å². The Hall–Kier alpha value is -2.40. The Labute approximate surface area is 121 Å². The zero-order chi connectivity index (χ0) is 14.1. The Kier molecular flexibility index (Phi) is 3.12. The standard InChI is InChI=1S/C14H12ClN5/c1-9-5-4-7-11(16)13(9)14-17-18-19-20(14)12-8-3-2-6-10(12)15/h2-8H,16H2,1H3. The van der Waals surface area contributed by atoms with Gasteiger partial charge in [-0.2, -0.15) is 4.68 Å². The Morgan fingerprint density at radius 3 is 2.65 bits per heavy atom. The molecule has 6 heteroatoms. The van der Waals surface area contributed by atoms with Gasteiger partial charge < -0.3 is 5.73 Å². The molecule has 1 heterocycles. The number of nitrogens with zero attached hydrogens (tertiary/aromatic N) is 4. The zero-order valence-corrected chi connectivity index (χ0v) is 11.5. The number of benzene rings is 2. The minimum atomic E-state index is 0.577. The molecule has 3 aromatic rings. The summed E-state index contributed by atoms with van der Waals surface area (Å²) in [6.07, 6.45) is 0. The van der Waals surface area contributed by atoms with Crippen LogP contribution >= 0.6 is 11.6 Å². The quantitative estimate of drug-likeness (QED) is 0.735. The van der Waals surface area contributed by atoms with Crippen LogP contribution in [-0.4, -0.2) is 20.2 Å². The van der Waals surface area contributed by atoms with Crippen LogP contribution in [0.4, 0.5) is 5.69 Å². The van der Waals surface area contributed by atoms with Gasteiger partial charge in [-0.25, -0.2) is 0 Å². The fourth-order valence-electron chi connectivity index (χ4n) is 2.12. The molecule has 0 spiro atoms. The van der Waals surface area contributed by atoms with Gasteiger partial charge in [0.05, 0.1) is 10.7 Å². The number of halogens is 1. The third-order valence-electron chi connectivity index (χ3n) is 3.08. The maximum Gasteiger partial charge on any atom is 0.189 e. The summed E-state index contributed by atoms with van der Waals surface area (Å²) in [6.45, 7) is 1.97. The Balaban J connectivity index is 2.24. The first-order valence-electron chi connectivity index (χ1n) is 6.07. The molecule has 2 aromatic carbocycles. The highest BCUT2D eigenvalue weighted by Crippen LogP contribution is 2.30. The van der Waals surface area contributed by atoms with Gasteiger partial charge in [-0.05, 0) is 41.1 Å².